The Morgan fingerprint density at radius 1 is 1.07 bits per heavy atom. The van der Waals surface area contributed by atoms with Gasteiger partial charge in [0.05, 0.1) is 22.3 Å². The lowest BCUT2D eigenvalue weighted by Crippen LogP contribution is -2.19. The van der Waals surface area contributed by atoms with Crippen LogP contribution in [0.15, 0.2) is 40.5 Å². The fourth-order valence-electron chi connectivity index (χ4n) is 2.07. The third-order valence-corrected chi connectivity index (χ3v) is 4.09. The summed E-state index contributed by atoms with van der Waals surface area (Å²) in [6, 6.07) is 2.73. The summed E-state index contributed by atoms with van der Waals surface area (Å²) in [4.78, 5) is 24.6. The summed E-state index contributed by atoms with van der Waals surface area (Å²) in [6.45, 7) is 1.28. The number of hydrogen-bond donors (Lipinski definition) is 1. The Balaban J connectivity index is 2.49. The molecule has 0 aliphatic heterocycles. The third-order valence-electron chi connectivity index (χ3n) is 3.39. The summed E-state index contributed by atoms with van der Waals surface area (Å²) in [5, 5.41) is 2.26. The highest BCUT2D eigenvalue weighted by atomic mass is 79.9. The van der Waals surface area contributed by atoms with Crippen molar-refractivity contribution in [3.8, 4) is 0 Å². The van der Waals surface area contributed by atoms with Gasteiger partial charge in [0.15, 0.2) is 17.5 Å². The van der Waals surface area contributed by atoms with Gasteiger partial charge in [-0.05, 0) is 41.1 Å². The van der Waals surface area contributed by atoms with E-state index in [4.69, 9.17) is 0 Å². The normalized spacial score (nSPS) is 11.3. The third kappa shape index (κ3) is 4.56. The van der Waals surface area contributed by atoms with E-state index in [2.05, 4.69) is 26.0 Å². The van der Waals surface area contributed by atoms with Crippen LogP contribution >= 0.6 is 15.9 Å². The first-order chi connectivity index (χ1) is 13.2. The molecule has 1 N–H and O–H groups in total. The zero-order chi connectivity index (χ0) is 21.0. The maximum absolute atomic E-state index is 14.2. The van der Waals surface area contributed by atoms with Crippen LogP contribution in [-0.4, -0.2) is 18.4 Å². The molecule has 2 aromatic rings. The summed E-state index contributed by atoms with van der Waals surface area (Å²) < 4.78 is 71.6. The van der Waals surface area contributed by atoms with Gasteiger partial charge in [-0.15, -0.1) is 0 Å². The lowest BCUT2D eigenvalue weighted by Gasteiger charge is -2.10. The smallest absolute Gasteiger partial charge is 0.343 e. The number of rotatable bonds is 6. The zero-order valence-electron chi connectivity index (χ0n) is 14.1. The van der Waals surface area contributed by atoms with Gasteiger partial charge in [0.1, 0.15) is 17.2 Å². The van der Waals surface area contributed by atoms with Crippen molar-refractivity contribution in [1.29, 1.82) is 0 Å². The molecule has 0 spiro atoms. The Bertz CT molecular complexity index is 978. The Hall–Kier alpha value is -2.75. The lowest BCUT2D eigenvalue weighted by molar-refractivity contribution is -0.138. The second kappa shape index (κ2) is 8.96. The first-order valence-electron chi connectivity index (χ1n) is 7.63. The van der Waals surface area contributed by atoms with E-state index in [1.54, 1.807) is 0 Å². The second-order valence-electron chi connectivity index (χ2n) is 5.22. The molecule has 0 saturated carbocycles. The van der Waals surface area contributed by atoms with Crippen molar-refractivity contribution < 1.29 is 36.3 Å². The number of nitrogens with one attached hydrogen (secondary N) is 1. The van der Waals surface area contributed by atoms with Gasteiger partial charge in [-0.1, -0.05) is 0 Å². The molecule has 0 saturated heterocycles. The van der Waals surface area contributed by atoms with Crippen molar-refractivity contribution >= 4 is 33.4 Å². The average Bonchev–Trinajstić information content (AvgIpc) is 2.64. The van der Waals surface area contributed by atoms with E-state index in [1.807, 2.05) is 0 Å². The Morgan fingerprint density at radius 2 is 1.75 bits per heavy atom. The number of halogens is 6. The molecule has 0 aliphatic carbocycles. The molecule has 10 heteroatoms. The van der Waals surface area contributed by atoms with E-state index >= 15 is 0 Å². The number of benzene rings is 2. The van der Waals surface area contributed by atoms with Gasteiger partial charge in [-0.2, -0.15) is 0 Å². The minimum Gasteiger partial charge on any atom is -0.462 e. The quantitative estimate of drug-likeness (QED) is 0.0968. The monoisotopic (exact) mass is 463 g/mol. The number of esters is 1. The van der Waals surface area contributed by atoms with Crippen LogP contribution in [0.3, 0.4) is 0 Å². The van der Waals surface area contributed by atoms with Gasteiger partial charge < -0.3 is 10.1 Å². The van der Waals surface area contributed by atoms with E-state index in [-0.39, 0.29) is 18.4 Å². The highest BCUT2D eigenvalue weighted by Crippen LogP contribution is 2.27. The van der Waals surface area contributed by atoms with Crippen LogP contribution < -0.4 is 5.32 Å². The lowest BCUT2D eigenvalue weighted by atomic mass is 10.0. The fourth-order valence-corrected chi connectivity index (χ4v) is 2.47. The van der Waals surface area contributed by atoms with E-state index in [1.165, 1.54) is 6.92 Å². The molecular formula is C18H11BrF5NO3. The number of Topliss-reactive ketones (excluding diaryl/α,β-unsaturated/α-hetero) is 1. The molecule has 0 unspecified atom stereocenters. The van der Waals surface area contributed by atoms with Crippen molar-refractivity contribution in [3.63, 3.8) is 0 Å². The highest BCUT2D eigenvalue weighted by molar-refractivity contribution is 9.10. The van der Waals surface area contributed by atoms with Gasteiger partial charge in [0, 0.05) is 12.3 Å². The molecule has 4 nitrogen and oxygen atoms in total. The first-order valence-corrected chi connectivity index (χ1v) is 8.43. The molecular weight excluding hydrogens is 453 g/mol. The standard InChI is InChI=1S/C18H11BrF5NO3/c1-2-28-18(27)10(7-25-13-4-3-8(20)5-11(13)21)17(26)9-6-12(22)16(24)14(19)15(9)23/h3-7,25H,2H2,1H3/b10-7-. The molecule has 0 radical (unpaired) electrons. The molecule has 0 aromatic heterocycles. The summed E-state index contributed by atoms with van der Waals surface area (Å²) in [7, 11) is 0. The van der Waals surface area contributed by atoms with Crippen molar-refractivity contribution in [2.24, 2.45) is 0 Å². The maximum atomic E-state index is 14.2. The Kier molecular flexibility index (Phi) is 6.90. The number of hydrogen-bond acceptors (Lipinski definition) is 4. The first kappa shape index (κ1) is 21.5. The molecule has 0 fully saturated rings. The second-order valence-corrected chi connectivity index (χ2v) is 6.02. The van der Waals surface area contributed by atoms with E-state index in [0.29, 0.717) is 12.3 Å². The predicted octanol–water partition coefficient (Wildman–Crippen LogP) is 4.89. The number of ether oxygens (including phenoxy) is 1. The topological polar surface area (TPSA) is 55.4 Å². The molecule has 0 aliphatic rings. The predicted molar refractivity (Wildman–Crippen MR) is 93.0 cm³/mol. The van der Waals surface area contributed by atoms with Crippen LogP contribution in [-0.2, 0) is 9.53 Å². The van der Waals surface area contributed by atoms with Crippen LogP contribution in [0, 0.1) is 29.1 Å². The van der Waals surface area contributed by atoms with Gasteiger partial charge in [0.25, 0.3) is 0 Å². The summed E-state index contributed by atoms with van der Waals surface area (Å²) >= 11 is 2.48. The molecule has 0 bridgehead atoms. The number of anilines is 1. The van der Waals surface area contributed by atoms with Crippen molar-refractivity contribution in [3.05, 3.63) is 75.2 Å². The molecule has 0 heterocycles. The van der Waals surface area contributed by atoms with E-state index in [9.17, 15) is 31.5 Å². The maximum Gasteiger partial charge on any atom is 0.343 e. The largest absolute Gasteiger partial charge is 0.462 e. The highest BCUT2D eigenvalue weighted by Gasteiger charge is 2.28. The minimum absolute atomic E-state index is 0.154. The van der Waals surface area contributed by atoms with Crippen LogP contribution in [0.4, 0.5) is 27.6 Å². The van der Waals surface area contributed by atoms with Gasteiger partial charge in [-0.3, -0.25) is 4.79 Å². The van der Waals surface area contributed by atoms with Crippen LogP contribution in [0.25, 0.3) is 0 Å². The van der Waals surface area contributed by atoms with Gasteiger partial charge in [-0.25, -0.2) is 26.7 Å². The molecule has 2 rings (SSSR count). The van der Waals surface area contributed by atoms with E-state index < -0.39 is 56.4 Å². The van der Waals surface area contributed by atoms with Crippen LogP contribution in [0.2, 0.25) is 0 Å². The van der Waals surface area contributed by atoms with Gasteiger partial charge in [0.2, 0.25) is 5.78 Å². The molecule has 0 atom stereocenters. The Labute approximate surface area is 164 Å². The van der Waals surface area contributed by atoms with Gasteiger partial charge >= 0.3 is 5.97 Å². The summed E-state index contributed by atoms with van der Waals surface area (Å²) in [5.41, 5.74) is -2.07. The average molecular weight is 464 g/mol. The van der Waals surface area contributed by atoms with E-state index in [0.717, 1.165) is 12.1 Å². The van der Waals surface area contributed by atoms with Crippen molar-refractivity contribution in [2.45, 2.75) is 6.92 Å². The zero-order valence-corrected chi connectivity index (χ0v) is 15.7. The number of carbonyl (C=O) groups is 2. The van der Waals surface area contributed by atoms with Crippen LogP contribution in [0.1, 0.15) is 17.3 Å². The molecule has 148 valence electrons. The number of carbonyl (C=O) groups excluding carboxylic acids is 2. The molecule has 0 amide bonds. The summed E-state index contributed by atoms with van der Waals surface area (Å²) in [5.74, 6) is -8.98. The summed E-state index contributed by atoms with van der Waals surface area (Å²) in [6.07, 6.45) is 0.700. The van der Waals surface area contributed by atoms with Crippen molar-refractivity contribution in [1.82, 2.24) is 0 Å². The fraction of sp³-hybridized carbons (Fsp3) is 0.111. The molecule has 2 aromatic carbocycles. The Morgan fingerprint density at radius 3 is 2.36 bits per heavy atom. The SMILES string of the molecule is CCOC(=O)/C(=C\Nc1ccc(F)cc1F)C(=O)c1cc(F)c(F)c(Br)c1F. The molecule has 28 heavy (non-hydrogen) atoms. The van der Waals surface area contributed by atoms with Crippen LogP contribution in [0.5, 0.6) is 0 Å². The minimum atomic E-state index is -1.55. The number of ketones is 1. The van der Waals surface area contributed by atoms with Crippen molar-refractivity contribution in [2.75, 3.05) is 11.9 Å².